The summed E-state index contributed by atoms with van der Waals surface area (Å²) in [7, 11) is -5.67. The van der Waals surface area contributed by atoms with Crippen LogP contribution < -0.4 is 20.7 Å². The predicted molar refractivity (Wildman–Crippen MR) is 321 cm³/mol. The molecular weight excluding hydrogens is 929 g/mol. The molecule has 0 fully saturated rings. The maximum Gasteiger partial charge on any atom is 0.0775 e. The Morgan fingerprint density at radius 3 is 0.486 bits per heavy atom. The van der Waals surface area contributed by atoms with E-state index in [0.29, 0.717) is 5.56 Å². The van der Waals surface area contributed by atoms with Gasteiger partial charge in [0.1, 0.15) is 0 Å². The summed E-state index contributed by atoms with van der Waals surface area (Å²) >= 11 is 0. The van der Waals surface area contributed by atoms with Crippen molar-refractivity contribution in [3.8, 4) is 83.4 Å². The molecule has 0 aliphatic heterocycles. The molecule has 0 saturated carbocycles. The molecule has 0 saturated heterocycles. The van der Waals surface area contributed by atoms with Crippen molar-refractivity contribution in [3.05, 3.63) is 224 Å². The Hall–Kier alpha value is -7.67. The Kier molecular flexibility index (Phi) is 16.1. The maximum absolute atomic E-state index is 6.02. The van der Waals surface area contributed by atoms with Crippen LogP contribution in [0.1, 0.15) is 72.3 Å². The van der Waals surface area contributed by atoms with Gasteiger partial charge in [0.2, 0.25) is 0 Å². The summed E-state index contributed by atoms with van der Waals surface area (Å²) in [5.74, 6) is 43.6. The zero-order valence-corrected chi connectivity index (χ0v) is 48.0. The quantitative estimate of drug-likeness (QED) is 0.122. The molecule has 7 rings (SSSR count). The van der Waals surface area contributed by atoms with Crippen molar-refractivity contribution in [2.45, 2.75) is 78.6 Å². The smallest absolute Gasteiger partial charge is 0.0775 e. The SMILES string of the molecule is C#Cc1cc(C#Cc2cc(C#Cc3ccc([Si](C)(C)C)cc3)cc(C#Cc3ccc([Si](C)(C)C)cc3)c2)cc(C#Cc2cc(C#Cc3ccc([Si](C)(C)C)cc3)cc(C#Cc3ccc([Si](C)(C)C)cc3)c2)c1. The van der Waals surface area contributed by atoms with Gasteiger partial charge in [-0.2, -0.15) is 0 Å². The van der Waals surface area contributed by atoms with E-state index in [-0.39, 0.29) is 0 Å². The number of hydrogen-bond donors (Lipinski definition) is 0. The highest BCUT2D eigenvalue weighted by Crippen LogP contribution is 2.15. The first kappa shape index (κ1) is 52.2. The third-order valence-electron chi connectivity index (χ3n) is 12.1. The molecule has 0 unspecified atom stereocenters. The van der Waals surface area contributed by atoms with Crippen LogP contribution >= 0.6 is 0 Å². The molecule has 0 amide bonds. The molecule has 0 aliphatic rings. The minimum absolute atomic E-state index is 0.698. The van der Waals surface area contributed by atoms with E-state index in [4.69, 9.17) is 6.42 Å². The lowest BCUT2D eigenvalue weighted by molar-refractivity contribution is 1.53. The first-order chi connectivity index (χ1) is 34.0. The van der Waals surface area contributed by atoms with Gasteiger partial charge in [-0.3, -0.25) is 0 Å². The van der Waals surface area contributed by atoms with Crippen molar-refractivity contribution < 1.29 is 0 Å². The van der Waals surface area contributed by atoms with Crippen LogP contribution in [-0.4, -0.2) is 32.3 Å². The number of benzene rings is 7. The molecule has 0 spiro atoms. The Bertz CT molecular complexity index is 3170. The molecule has 0 nitrogen and oxygen atoms in total. The van der Waals surface area contributed by atoms with Gasteiger partial charge in [-0.1, -0.05) is 225 Å². The van der Waals surface area contributed by atoms with Crippen molar-refractivity contribution in [3.63, 3.8) is 0 Å². The lowest BCUT2D eigenvalue weighted by Crippen LogP contribution is -2.37. The molecule has 4 heteroatoms. The van der Waals surface area contributed by atoms with Crippen LogP contribution in [0, 0.1) is 83.4 Å². The van der Waals surface area contributed by atoms with Gasteiger partial charge in [0.05, 0.1) is 32.3 Å². The Labute approximate surface area is 436 Å². The van der Waals surface area contributed by atoms with Crippen LogP contribution in [0.5, 0.6) is 0 Å². The van der Waals surface area contributed by atoms with Gasteiger partial charge in [0, 0.05) is 72.3 Å². The average molecular weight is 992 g/mol. The van der Waals surface area contributed by atoms with Gasteiger partial charge in [0.15, 0.2) is 0 Å². The fourth-order valence-corrected chi connectivity index (χ4v) is 12.3. The average Bonchev–Trinajstić information content (AvgIpc) is 3.34. The highest BCUT2D eigenvalue weighted by molar-refractivity contribution is 6.90. The Morgan fingerprint density at radius 2 is 0.347 bits per heavy atom. The number of terminal acetylenes is 1. The van der Waals surface area contributed by atoms with E-state index in [0.717, 1.165) is 66.8 Å². The van der Waals surface area contributed by atoms with Crippen molar-refractivity contribution in [2.24, 2.45) is 0 Å². The molecule has 350 valence electrons. The minimum atomic E-state index is -1.42. The first-order valence-electron chi connectivity index (χ1n) is 24.5. The highest BCUT2D eigenvalue weighted by atomic mass is 28.3. The Morgan fingerprint density at radius 1 is 0.208 bits per heavy atom. The second kappa shape index (κ2) is 22.2. The van der Waals surface area contributed by atoms with Crippen LogP contribution in [0.2, 0.25) is 78.6 Å². The summed E-state index contributed by atoms with van der Waals surface area (Å²) in [6.45, 7) is 28.3. The summed E-state index contributed by atoms with van der Waals surface area (Å²) in [6, 6.07) is 52.7. The molecule has 0 bridgehead atoms. The monoisotopic (exact) mass is 990 g/mol. The van der Waals surface area contributed by atoms with E-state index in [1.807, 2.05) is 54.6 Å². The van der Waals surface area contributed by atoms with Crippen molar-refractivity contribution in [1.82, 2.24) is 0 Å². The second-order valence-corrected chi connectivity index (χ2v) is 42.7. The second-order valence-electron chi connectivity index (χ2n) is 22.4. The number of rotatable bonds is 4. The molecule has 72 heavy (non-hydrogen) atoms. The van der Waals surface area contributed by atoms with E-state index < -0.39 is 32.3 Å². The highest BCUT2D eigenvalue weighted by Gasteiger charge is 2.18. The van der Waals surface area contributed by atoms with E-state index >= 15 is 0 Å². The first-order valence-corrected chi connectivity index (χ1v) is 38.5. The lowest BCUT2D eigenvalue weighted by atomic mass is 10.0. The van der Waals surface area contributed by atoms with Gasteiger partial charge < -0.3 is 0 Å². The summed E-state index contributed by atoms with van der Waals surface area (Å²) < 4.78 is 0. The molecule has 0 heterocycles. The largest absolute Gasteiger partial charge is 0.115 e. The molecule has 0 N–H and O–H groups in total. The molecule has 7 aromatic carbocycles. The summed E-state index contributed by atoms with van der Waals surface area (Å²) in [4.78, 5) is 0. The summed E-state index contributed by atoms with van der Waals surface area (Å²) in [5, 5.41) is 5.64. The summed E-state index contributed by atoms with van der Waals surface area (Å²) in [5.41, 5.74) is 11.1. The molecule has 0 radical (unpaired) electrons. The van der Waals surface area contributed by atoms with Gasteiger partial charge >= 0.3 is 0 Å². The van der Waals surface area contributed by atoms with E-state index in [1.54, 1.807) is 0 Å². The van der Waals surface area contributed by atoms with Gasteiger partial charge in [-0.25, -0.2) is 0 Å². The maximum atomic E-state index is 6.02. The molecular formula is C68H62Si4. The predicted octanol–water partition coefficient (Wildman–Crippen LogP) is 12.2. The normalized spacial score (nSPS) is 10.9. The van der Waals surface area contributed by atoms with Crippen LogP contribution in [0.4, 0.5) is 0 Å². The zero-order chi connectivity index (χ0) is 51.7. The Balaban J connectivity index is 1.23. The van der Waals surface area contributed by atoms with Gasteiger partial charge in [0.25, 0.3) is 0 Å². The van der Waals surface area contributed by atoms with E-state index in [9.17, 15) is 0 Å². The lowest BCUT2D eigenvalue weighted by Gasteiger charge is -2.16. The zero-order valence-electron chi connectivity index (χ0n) is 44.0. The van der Waals surface area contributed by atoms with Crippen LogP contribution in [0.15, 0.2) is 152 Å². The van der Waals surface area contributed by atoms with Crippen molar-refractivity contribution >= 4 is 53.0 Å². The molecule has 0 aromatic heterocycles. The molecule has 0 atom stereocenters. The van der Waals surface area contributed by atoms with Gasteiger partial charge in [-0.05, 0) is 103 Å². The van der Waals surface area contributed by atoms with Crippen molar-refractivity contribution in [1.29, 1.82) is 0 Å². The van der Waals surface area contributed by atoms with Gasteiger partial charge in [-0.15, -0.1) is 6.42 Å². The number of hydrogen-bond acceptors (Lipinski definition) is 0. The topological polar surface area (TPSA) is 0 Å². The fourth-order valence-electron chi connectivity index (χ4n) is 7.62. The van der Waals surface area contributed by atoms with E-state index in [2.05, 4.69) is 253 Å². The van der Waals surface area contributed by atoms with Crippen LogP contribution in [0.3, 0.4) is 0 Å². The third-order valence-corrected chi connectivity index (χ3v) is 20.3. The molecule has 7 aromatic rings. The summed E-state index contributed by atoms with van der Waals surface area (Å²) in [6.07, 6.45) is 6.02. The molecule has 0 aliphatic carbocycles. The standard InChI is InChI=1S/C68H62Si4/c1-14-52-43-57(23-25-63-48-59(19-15-53-27-35-65(36-28-53)69(2,3)4)46-60(49-63)20-16-54-29-37-66(38-30-54)70(5,6)7)45-58(44-52)24-26-64-50-61(21-17-55-31-39-67(40-32-55)71(8,9)10)47-62(51-64)22-18-56-33-41-68(42-34-56)72(11,12)13/h1,27-51H,2-13H3. The minimum Gasteiger partial charge on any atom is -0.115 e. The van der Waals surface area contributed by atoms with Crippen LogP contribution in [0.25, 0.3) is 0 Å². The fraction of sp³-hybridized carbons (Fsp3) is 0.176. The van der Waals surface area contributed by atoms with Crippen molar-refractivity contribution in [2.75, 3.05) is 0 Å². The van der Waals surface area contributed by atoms with Crippen LogP contribution in [-0.2, 0) is 0 Å². The van der Waals surface area contributed by atoms with E-state index in [1.165, 1.54) is 20.7 Å². The third kappa shape index (κ3) is 15.2.